The molecule has 25 heavy (non-hydrogen) atoms. The van der Waals surface area contributed by atoms with E-state index in [0.29, 0.717) is 24.6 Å². The van der Waals surface area contributed by atoms with Crippen LogP contribution >= 0.6 is 11.6 Å². The van der Waals surface area contributed by atoms with Crippen LogP contribution in [-0.4, -0.2) is 33.3 Å². The highest BCUT2D eigenvalue weighted by atomic mass is 35.5. The van der Waals surface area contributed by atoms with E-state index < -0.39 is 20.1 Å². The van der Waals surface area contributed by atoms with Crippen LogP contribution in [0.4, 0.5) is 5.69 Å². The summed E-state index contributed by atoms with van der Waals surface area (Å²) < 4.78 is 6.18. The van der Waals surface area contributed by atoms with Crippen LogP contribution < -0.4 is 10.6 Å². The highest BCUT2D eigenvalue weighted by Gasteiger charge is 2.39. The minimum absolute atomic E-state index is 0.0931. The number of carbonyl (C=O) groups is 2. The Morgan fingerprint density at radius 3 is 2.60 bits per heavy atom. The van der Waals surface area contributed by atoms with Gasteiger partial charge in [0.2, 0.25) is 11.8 Å². The number of primary amides is 1. The van der Waals surface area contributed by atoms with E-state index in [0.717, 1.165) is 11.3 Å². The first-order valence-corrected chi connectivity index (χ1v) is 11.8. The molecule has 1 aromatic carbocycles. The van der Waals surface area contributed by atoms with Gasteiger partial charge in [-0.2, -0.15) is 0 Å². The van der Waals surface area contributed by atoms with Crippen molar-refractivity contribution in [2.24, 2.45) is 11.7 Å². The number of fused-ring (bicyclic) bond motifs is 1. The SMILES string of the molecule is CC(C)(C)[Si](C)(C)OCCN1C(=O)C(C(N)=O)Cc2ccc(Cl)cc21. The minimum Gasteiger partial charge on any atom is -0.415 e. The number of hydrogen-bond donors (Lipinski definition) is 1. The maximum atomic E-state index is 12.7. The van der Waals surface area contributed by atoms with Gasteiger partial charge in [-0.25, -0.2) is 0 Å². The molecule has 1 aliphatic heterocycles. The molecule has 138 valence electrons. The molecular formula is C18H27ClN2O3Si. The Morgan fingerprint density at radius 2 is 2.04 bits per heavy atom. The smallest absolute Gasteiger partial charge is 0.239 e. The predicted octanol–water partition coefficient (Wildman–Crippen LogP) is 3.35. The Kier molecular flexibility index (Phi) is 5.66. The average molecular weight is 383 g/mol. The van der Waals surface area contributed by atoms with Gasteiger partial charge in [-0.05, 0) is 42.2 Å². The molecule has 1 heterocycles. The van der Waals surface area contributed by atoms with Crippen LogP contribution in [0.3, 0.4) is 0 Å². The van der Waals surface area contributed by atoms with E-state index in [9.17, 15) is 9.59 Å². The van der Waals surface area contributed by atoms with Crippen LogP contribution in [0, 0.1) is 5.92 Å². The summed E-state index contributed by atoms with van der Waals surface area (Å²) in [5, 5.41) is 0.648. The molecule has 1 aliphatic rings. The standard InChI is InChI=1S/C18H27ClN2O3Si/c1-18(2,3)25(4,5)24-9-8-21-15-11-13(19)7-6-12(15)10-14(16(20)22)17(21)23/h6-7,11,14H,8-10H2,1-5H3,(H2,20,22). The number of hydrogen-bond acceptors (Lipinski definition) is 3. The highest BCUT2D eigenvalue weighted by molar-refractivity contribution is 6.74. The van der Waals surface area contributed by atoms with Crippen molar-refractivity contribution in [1.29, 1.82) is 0 Å². The number of amides is 2. The van der Waals surface area contributed by atoms with Gasteiger partial charge in [0.25, 0.3) is 0 Å². The van der Waals surface area contributed by atoms with Crippen LogP contribution in [0.2, 0.25) is 23.2 Å². The van der Waals surface area contributed by atoms with Crippen LogP contribution in [-0.2, 0) is 20.4 Å². The molecule has 7 heteroatoms. The number of anilines is 1. The van der Waals surface area contributed by atoms with Crippen molar-refractivity contribution < 1.29 is 14.0 Å². The molecule has 5 nitrogen and oxygen atoms in total. The molecule has 1 atom stereocenters. The molecule has 0 saturated carbocycles. The molecule has 0 aliphatic carbocycles. The van der Waals surface area contributed by atoms with Gasteiger partial charge in [-0.15, -0.1) is 0 Å². The van der Waals surface area contributed by atoms with E-state index in [2.05, 4.69) is 33.9 Å². The molecule has 1 aromatic rings. The Morgan fingerprint density at radius 1 is 1.40 bits per heavy atom. The summed E-state index contributed by atoms with van der Waals surface area (Å²) in [7, 11) is -1.91. The van der Waals surface area contributed by atoms with Crippen LogP contribution in [0.25, 0.3) is 0 Å². The molecule has 2 N–H and O–H groups in total. The van der Waals surface area contributed by atoms with Crippen LogP contribution in [0.15, 0.2) is 18.2 Å². The van der Waals surface area contributed by atoms with Gasteiger partial charge in [0, 0.05) is 17.3 Å². The second-order valence-corrected chi connectivity index (χ2v) is 13.3. The highest BCUT2D eigenvalue weighted by Crippen LogP contribution is 2.37. The molecule has 0 radical (unpaired) electrons. The lowest BCUT2D eigenvalue weighted by molar-refractivity contribution is -0.132. The van der Waals surface area contributed by atoms with Crippen molar-refractivity contribution >= 4 is 37.4 Å². The van der Waals surface area contributed by atoms with E-state index in [-0.39, 0.29) is 10.9 Å². The predicted molar refractivity (Wildman–Crippen MR) is 103 cm³/mol. The second-order valence-electron chi connectivity index (χ2n) is 8.03. The summed E-state index contributed by atoms with van der Waals surface area (Å²) >= 11 is 6.10. The monoisotopic (exact) mass is 382 g/mol. The normalized spacial score (nSPS) is 18.2. The van der Waals surface area contributed by atoms with Gasteiger partial charge in [0.1, 0.15) is 5.92 Å². The lowest BCUT2D eigenvalue weighted by Gasteiger charge is -2.38. The maximum Gasteiger partial charge on any atom is 0.239 e. The summed E-state index contributed by atoms with van der Waals surface area (Å²) in [5.74, 6) is -1.71. The molecule has 0 fully saturated rings. The third-order valence-electron chi connectivity index (χ3n) is 5.25. The number of halogens is 1. The molecule has 2 amide bonds. The number of benzene rings is 1. The Hall–Kier alpha value is -1.37. The maximum absolute atomic E-state index is 12.7. The summed E-state index contributed by atoms with van der Waals surface area (Å²) in [6, 6.07) is 5.37. The van der Waals surface area contributed by atoms with E-state index in [4.69, 9.17) is 21.8 Å². The Bertz CT molecular complexity index is 685. The summed E-state index contributed by atoms with van der Waals surface area (Å²) in [6.45, 7) is 11.6. The molecule has 0 saturated heterocycles. The number of nitrogens with two attached hydrogens (primary N) is 1. The molecule has 0 aromatic heterocycles. The average Bonchev–Trinajstić information content (AvgIpc) is 2.47. The van der Waals surface area contributed by atoms with Crippen LogP contribution in [0.1, 0.15) is 26.3 Å². The summed E-state index contributed by atoms with van der Waals surface area (Å²) in [5.41, 5.74) is 7.07. The first-order chi connectivity index (χ1) is 11.4. The fraction of sp³-hybridized carbons (Fsp3) is 0.556. The minimum atomic E-state index is -1.91. The van der Waals surface area contributed by atoms with Gasteiger partial charge in [-0.1, -0.05) is 38.4 Å². The van der Waals surface area contributed by atoms with E-state index in [1.54, 1.807) is 17.0 Å². The zero-order valence-corrected chi connectivity index (χ0v) is 17.3. The van der Waals surface area contributed by atoms with Crippen molar-refractivity contribution in [1.82, 2.24) is 0 Å². The fourth-order valence-corrected chi connectivity index (χ4v) is 3.84. The molecule has 1 unspecified atom stereocenters. The third kappa shape index (κ3) is 4.24. The van der Waals surface area contributed by atoms with Crippen LogP contribution in [0.5, 0.6) is 0 Å². The van der Waals surface area contributed by atoms with Crippen molar-refractivity contribution in [3.63, 3.8) is 0 Å². The zero-order valence-electron chi connectivity index (χ0n) is 15.6. The third-order valence-corrected chi connectivity index (χ3v) is 10.0. The first kappa shape index (κ1) is 19.9. The summed E-state index contributed by atoms with van der Waals surface area (Å²) in [6.07, 6.45) is 0.320. The van der Waals surface area contributed by atoms with Crippen molar-refractivity contribution in [2.45, 2.75) is 45.3 Å². The molecular weight excluding hydrogens is 356 g/mol. The second kappa shape index (κ2) is 7.09. The number of carbonyl (C=O) groups excluding carboxylic acids is 2. The Balaban J connectivity index is 2.22. The Labute approximate surface area is 155 Å². The van der Waals surface area contributed by atoms with Gasteiger partial charge in [0.05, 0.1) is 6.61 Å². The van der Waals surface area contributed by atoms with E-state index in [1.807, 2.05) is 6.07 Å². The van der Waals surface area contributed by atoms with Gasteiger partial charge in [-0.3, -0.25) is 9.59 Å². The zero-order chi connectivity index (χ0) is 19.0. The number of rotatable bonds is 5. The van der Waals surface area contributed by atoms with E-state index in [1.165, 1.54) is 0 Å². The van der Waals surface area contributed by atoms with Gasteiger partial charge in [0.15, 0.2) is 8.32 Å². The first-order valence-electron chi connectivity index (χ1n) is 8.47. The van der Waals surface area contributed by atoms with Crippen molar-refractivity contribution in [3.8, 4) is 0 Å². The fourth-order valence-electron chi connectivity index (χ4n) is 2.64. The quantitative estimate of drug-likeness (QED) is 0.626. The molecule has 0 spiro atoms. The van der Waals surface area contributed by atoms with Crippen molar-refractivity contribution in [2.75, 3.05) is 18.1 Å². The van der Waals surface area contributed by atoms with E-state index >= 15 is 0 Å². The molecule has 2 rings (SSSR count). The topological polar surface area (TPSA) is 72.6 Å². The lowest BCUT2D eigenvalue weighted by atomic mass is 9.91. The number of nitrogens with zero attached hydrogens (tertiary/aromatic N) is 1. The van der Waals surface area contributed by atoms with Gasteiger partial charge >= 0.3 is 0 Å². The van der Waals surface area contributed by atoms with Crippen molar-refractivity contribution in [3.05, 3.63) is 28.8 Å². The summed E-state index contributed by atoms with van der Waals surface area (Å²) in [4.78, 5) is 26.0. The lowest BCUT2D eigenvalue weighted by Crippen LogP contribution is -2.49. The van der Waals surface area contributed by atoms with Gasteiger partial charge < -0.3 is 15.1 Å². The molecule has 0 bridgehead atoms. The largest absolute Gasteiger partial charge is 0.415 e.